The summed E-state index contributed by atoms with van der Waals surface area (Å²) in [4.78, 5) is 5.36. The third-order valence-electron chi connectivity index (χ3n) is 16.6. The van der Waals surface area contributed by atoms with E-state index in [4.69, 9.17) is 0 Å². The van der Waals surface area contributed by atoms with E-state index in [0.717, 1.165) is 6.42 Å². The number of fused-ring (bicyclic) bond motifs is 8. The highest BCUT2D eigenvalue weighted by Crippen LogP contribution is 2.56. The van der Waals surface area contributed by atoms with Crippen LogP contribution in [-0.4, -0.2) is 6.85 Å². The molecule has 9 aromatic carbocycles. The standard InChI is InChI=1S/C66H57BN2/c1-42-35-56-57(65(4,5)34-33-64(56,2)3)41-60(42)68-59-32-29-47(44-21-13-9-14-22-44)37-58(59)67-63-53(36-48(38-62(63)68)45-23-15-10-16-24-45)52-39-51-50-25-17-18-26-54(50)66(6,7)55(51)40-61(52)69(67)49-30-27-46(28-31-49)43-19-11-8-12-20-43/h8-32,35-41H,33-34H2,1-7H3. The zero-order valence-corrected chi connectivity index (χ0v) is 40.9. The van der Waals surface area contributed by atoms with Gasteiger partial charge in [-0.2, -0.15) is 0 Å². The van der Waals surface area contributed by atoms with Crippen molar-refractivity contribution in [2.45, 2.75) is 77.6 Å². The molecule has 0 atom stereocenters. The minimum Gasteiger partial charge on any atom is -0.376 e. The van der Waals surface area contributed by atoms with Gasteiger partial charge in [0.2, 0.25) is 0 Å². The SMILES string of the molecule is Cc1cc2c(cc1N1c3ccc(-c4ccccc4)cc3B3c4c(cc(-c5ccccc5)cc41)-c1cc4c(cc1N3c1ccc(-c3ccccc3)cc1)C(C)(C)c1ccccc1-4)C(C)(C)CCC2(C)C. The number of hydrogen-bond donors (Lipinski definition) is 0. The number of hydrogen-bond acceptors (Lipinski definition) is 2. The van der Waals surface area contributed by atoms with Gasteiger partial charge in [-0.3, -0.25) is 0 Å². The molecule has 334 valence electrons. The molecule has 0 saturated heterocycles. The molecule has 2 aliphatic carbocycles. The van der Waals surface area contributed by atoms with Crippen molar-refractivity contribution in [3.05, 3.63) is 222 Å². The molecule has 0 bridgehead atoms. The van der Waals surface area contributed by atoms with E-state index in [0.29, 0.717) is 0 Å². The van der Waals surface area contributed by atoms with Gasteiger partial charge in [-0.05, 0) is 168 Å². The third kappa shape index (κ3) is 6.32. The summed E-state index contributed by atoms with van der Waals surface area (Å²) in [6.45, 7) is 16.8. The molecule has 9 aromatic rings. The van der Waals surface area contributed by atoms with Crippen LogP contribution in [-0.2, 0) is 16.2 Å². The number of benzene rings is 9. The van der Waals surface area contributed by atoms with E-state index < -0.39 is 0 Å². The molecule has 2 heterocycles. The Kier molecular flexibility index (Phi) is 9.13. The highest BCUT2D eigenvalue weighted by molar-refractivity contribution is 6.93. The molecular formula is C66H57BN2. The average molecular weight is 889 g/mol. The lowest BCUT2D eigenvalue weighted by Crippen LogP contribution is -2.61. The molecule has 0 saturated carbocycles. The van der Waals surface area contributed by atoms with Crippen molar-refractivity contribution >= 4 is 46.2 Å². The van der Waals surface area contributed by atoms with Crippen molar-refractivity contribution in [2.24, 2.45) is 0 Å². The lowest BCUT2D eigenvalue weighted by Gasteiger charge is -2.47. The van der Waals surface area contributed by atoms with E-state index in [-0.39, 0.29) is 23.1 Å². The third-order valence-corrected chi connectivity index (χ3v) is 16.6. The predicted octanol–water partition coefficient (Wildman–Crippen LogP) is 16.4. The lowest BCUT2D eigenvalue weighted by atomic mass is 9.43. The van der Waals surface area contributed by atoms with E-state index in [1.165, 1.54) is 129 Å². The summed E-state index contributed by atoms with van der Waals surface area (Å²) >= 11 is 0. The fourth-order valence-corrected chi connectivity index (χ4v) is 12.7. The van der Waals surface area contributed by atoms with Crippen molar-refractivity contribution in [1.29, 1.82) is 0 Å². The molecule has 4 aliphatic rings. The fourth-order valence-electron chi connectivity index (χ4n) is 12.7. The van der Waals surface area contributed by atoms with Crippen molar-refractivity contribution in [1.82, 2.24) is 0 Å². The molecule has 0 radical (unpaired) electrons. The first kappa shape index (κ1) is 41.8. The Morgan fingerprint density at radius 3 is 1.59 bits per heavy atom. The normalized spacial score (nSPS) is 16.2. The second kappa shape index (κ2) is 15.1. The van der Waals surface area contributed by atoms with Gasteiger partial charge in [0, 0.05) is 39.4 Å². The van der Waals surface area contributed by atoms with Gasteiger partial charge in [0.15, 0.2) is 0 Å². The maximum Gasteiger partial charge on any atom is 0.333 e. The number of nitrogens with zero attached hydrogens (tertiary/aromatic N) is 2. The molecule has 0 unspecified atom stereocenters. The number of rotatable bonds is 5. The van der Waals surface area contributed by atoms with Gasteiger partial charge in [0.1, 0.15) is 0 Å². The first-order valence-electron chi connectivity index (χ1n) is 25.0. The van der Waals surface area contributed by atoms with Gasteiger partial charge < -0.3 is 9.71 Å². The predicted molar refractivity (Wildman–Crippen MR) is 294 cm³/mol. The first-order valence-corrected chi connectivity index (χ1v) is 25.0. The molecule has 2 aliphatic heterocycles. The van der Waals surface area contributed by atoms with Crippen LogP contribution >= 0.6 is 0 Å². The summed E-state index contributed by atoms with van der Waals surface area (Å²) in [6, 6.07) is 73.8. The summed E-state index contributed by atoms with van der Waals surface area (Å²) in [7, 11) is 0. The Balaban J connectivity index is 1.16. The summed E-state index contributed by atoms with van der Waals surface area (Å²) in [6.07, 6.45) is 2.34. The van der Waals surface area contributed by atoms with Crippen LogP contribution in [0, 0.1) is 6.92 Å². The Bertz CT molecular complexity index is 3530. The van der Waals surface area contributed by atoms with Crippen LogP contribution in [0.2, 0.25) is 0 Å². The minimum absolute atomic E-state index is 0.0447. The van der Waals surface area contributed by atoms with Gasteiger partial charge in [0.05, 0.1) is 0 Å². The zero-order chi connectivity index (χ0) is 47.0. The Labute approximate surface area is 409 Å². The number of anilines is 5. The lowest BCUT2D eigenvalue weighted by molar-refractivity contribution is 0.332. The summed E-state index contributed by atoms with van der Waals surface area (Å²) in [5, 5.41) is 0. The second-order valence-corrected chi connectivity index (χ2v) is 22.0. The number of aryl methyl sites for hydroxylation is 1. The van der Waals surface area contributed by atoms with Crippen molar-refractivity contribution < 1.29 is 0 Å². The van der Waals surface area contributed by atoms with Gasteiger partial charge >= 0.3 is 6.85 Å². The van der Waals surface area contributed by atoms with Gasteiger partial charge in [-0.1, -0.05) is 187 Å². The zero-order valence-electron chi connectivity index (χ0n) is 40.9. The van der Waals surface area contributed by atoms with Gasteiger partial charge in [0.25, 0.3) is 0 Å². The molecule has 0 spiro atoms. The quantitative estimate of drug-likeness (QED) is 0.159. The molecule has 3 heteroatoms. The van der Waals surface area contributed by atoms with Crippen LogP contribution in [0.1, 0.15) is 82.2 Å². The monoisotopic (exact) mass is 888 g/mol. The summed E-state index contributed by atoms with van der Waals surface area (Å²) in [5.41, 5.74) is 28.4. The molecule has 0 N–H and O–H groups in total. The van der Waals surface area contributed by atoms with E-state index in [1.807, 2.05) is 0 Å². The Morgan fingerprint density at radius 2 is 0.928 bits per heavy atom. The van der Waals surface area contributed by atoms with Crippen LogP contribution in [0.25, 0.3) is 55.6 Å². The van der Waals surface area contributed by atoms with Crippen LogP contribution in [0.3, 0.4) is 0 Å². The van der Waals surface area contributed by atoms with Crippen molar-refractivity contribution in [2.75, 3.05) is 9.71 Å². The van der Waals surface area contributed by atoms with Crippen LogP contribution in [0.5, 0.6) is 0 Å². The Hall–Kier alpha value is -7.36. The van der Waals surface area contributed by atoms with E-state index in [2.05, 4.69) is 252 Å². The highest BCUT2D eigenvalue weighted by atomic mass is 15.2. The van der Waals surface area contributed by atoms with E-state index in [1.54, 1.807) is 0 Å². The summed E-state index contributed by atoms with van der Waals surface area (Å²) in [5.74, 6) is 0. The van der Waals surface area contributed by atoms with Crippen LogP contribution in [0.15, 0.2) is 194 Å². The fraction of sp³-hybridized carbons (Fsp3) is 0.182. The molecular weight excluding hydrogens is 832 g/mol. The second-order valence-electron chi connectivity index (χ2n) is 22.0. The first-order chi connectivity index (χ1) is 33.4. The average Bonchev–Trinajstić information content (AvgIpc) is 3.60. The molecule has 0 aromatic heterocycles. The van der Waals surface area contributed by atoms with Gasteiger partial charge in [-0.15, -0.1) is 0 Å². The highest BCUT2D eigenvalue weighted by Gasteiger charge is 2.48. The maximum atomic E-state index is 2.70. The van der Waals surface area contributed by atoms with E-state index in [9.17, 15) is 0 Å². The van der Waals surface area contributed by atoms with Crippen LogP contribution in [0.4, 0.5) is 28.4 Å². The topological polar surface area (TPSA) is 6.48 Å². The molecule has 13 rings (SSSR count). The van der Waals surface area contributed by atoms with Crippen LogP contribution < -0.4 is 20.6 Å². The summed E-state index contributed by atoms with van der Waals surface area (Å²) < 4.78 is 0. The molecule has 69 heavy (non-hydrogen) atoms. The minimum atomic E-state index is -0.171. The molecule has 2 nitrogen and oxygen atoms in total. The largest absolute Gasteiger partial charge is 0.376 e. The smallest absolute Gasteiger partial charge is 0.333 e. The van der Waals surface area contributed by atoms with E-state index >= 15 is 0 Å². The molecule has 0 amide bonds. The molecule has 0 fully saturated rings. The Morgan fingerprint density at radius 1 is 0.377 bits per heavy atom. The van der Waals surface area contributed by atoms with Gasteiger partial charge in [-0.25, -0.2) is 0 Å². The van der Waals surface area contributed by atoms with Crippen molar-refractivity contribution in [3.8, 4) is 55.6 Å². The maximum absolute atomic E-state index is 2.70. The van der Waals surface area contributed by atoms with Crippen molar-refractivity contribution in [3.63, 3.8) is 0 Å².